The number of hydrogen-bond donors (Lipinski definition) is 3. The maximum absolute atomic E-state index is 12.3. The Morgan fingerprint density at radius 3 is 2.45 bits per heavy atom. The highest BCUT2D eigenvalue weighted by atomic mass is 16.6. The highest BCUT2D eigenvalue weighted by molar-refractivity contribution is 5.89. The van der Waals surface area contributed by atoms with Crippen LogP contribution in [-0.2, 0) is 14.9 Å². The fourth-order valence-electron chi connectivity index (χ4n) is 3.62. The van der Waals surface area contributed by atoms with E-state index in [1.807, 2.05) is 36.4 Å². The minimum atomic E-state index is -0.272. The molecule has 2 aromatic rings. The first kappa shape index (κ1) is 19.6. The number of carbonyl (C=O) groups excluding carboxylic acids is 1. The Balaban J connectivity index is 1.35. The lowest BCUT2D eigenvalue weighted by Gasteiger charge is -2.21. The van der Waals surface area contributed by atoms with Crippen LogP contribution in [0.15, 0.2) is 42.6 Å². The normalized spacial score (nSPS) is 26.0. The molecule has 1 aromatic heterocycles. The van der Waals surface area contributed by atoms with Crippen LogP contribution >= 0.6 is 0 Å². The van der Waals surface area contributed by atoms with Crippen LogP contribution in [0, 0.1) is 0 Å². The van der Waals surface area contributed by atoms with Gasteiger partial charge in [-0.3, -0.25) is 0 Å². The number of urea groups is 1. The topological polar surface area (TPSA) is 97.4 Å². The van der Waals surface area contributed by atoms with Gasteiger partial charge in [0.15, 0.2) is 0 Å². The third kappa shape index (κ3) is 4.49. The first-order valence-electron chi connectivity index (χ1n) is 9.86. The van der Waals surface area contributed by atoms with Crippen LogP contribution in [0.3, 0.4) is 0 Å². The summed E-state index contributed by atoms with van der Waals surface area (Å²) in [5.41, 5.74) is 1.65. The molecule has 8 nitrogen and oxygen atoms in total. The van der Waals surface area contributed by atoms with Gasteiger partial charge in [-0.25, -0.2) is 14.8 Å². The van der Waals surface area contributed by atoms with E-state index in [1.54, 1.807) is 6.20 Å². The van der Waals surface area contributed by atoms with Gasteiger partial charge in [0.05, 0.1) is 31.0 Å². The highest BCUT2D eigenvalue weighted by Gasteiger charge is 2.48. The molecule has 0 unspecified atom stereocenters. The number of amides is 2. The molecule has 3 heterocycles. The predicted octanol–water partition coefficient (Wildman–Crippen LogP) is 2.54. The van der Waals surface area contributed by atoms with Crippen molar-refractivity contribution in [1.29, 1.82) is 0 Å². The molecule has 4 rings (SSSR count). The van der Waals surface area contributed by atoms with E-state index < -0.39 is 0 Å². The van der Waals surface area contributed by atoms with E-state index >= 15 is 0 Å². The third-order valence-corrected chi connectivity index (χ3v) is 5.14. The van der Waals surface area contributed by atoms with Gasteiger partial charge in [0, 0.05) is 17.3 Å². The molecule has 4 atom stereocenters. The zero-order chi connectivity index (χ0) is 20.4. The molecule has 0 saturated carbocycles. The molecule has 0 radical (unpaired) electrons. The second kappa shape index (κ2) is 7.96. The number of benzene rings is 1. The molecule has 2 aliphatic rings. The summed E-state index contributed by atoms with van der Waals surface area (Å²) in [6.45, 7) is 7.22. The quantitative estimate of drug-likeness (QED) is 0.734. The van der Waals surface area contributed by atoms with Crippen LogP contribution in [-0.4, -0.2) is 53.5 Å². The van der Waals surface area contributed by atoms with Crippen molar-refractivity contribution in [3.05, 3.63) is 48.3 Å². The van der Waals surface area contributed by atoms with Gasteiger partial charge in [0.2, 0.25) is 5.95 Å². The Labute approximate surface area is 170 Å². The molecule has 29 heavy (non-hydrogen) atoms. The average molecular weight is 397 g/mol. The van der Waals surface area contributed by atoms with Gasteiger partial charge in [0.25, 0.3) is 0 Å². The zero-order valence-corrected chi connectivity index (χ0v) is 16.9. The highest BCUT2D eigenvalue weighted by Crippen LogP contribution is 2.29. The van der Waals surface area contributed by atoms with Crippen LogP contribution in [0.25, 0.3) is 0 Å². The smallest absolute Gasteiger partial charge is 0.319 e. The maximum Gasteiger partial charge on any atom is 0.319 e. The molecule has 2 saturated heterocycles. The first-order chi connectivity index (χ1) is 13.9. The summed E-state index contributed by atoms with van der Waals surface area (Å²) >= 11 is 0. The van der Waals surface area contributed by atoms with Gasteiger partial charge < -0.3 is 25.4 Å². The number of anilines is 2. The number of ether oxygens (including phenoxy) is 2. The molecule has 0 spiro atoms. The monoisotopic (exact) mass is 397 g/mol. The van der Waals surface area contributed by atoms with Gasteiger partial charge in [-0.15, -0.1) is 0 Å². The molecule has 2 aliphatic heterocycles. The Morgan fingerprint density at radius 2 is 1.72 bits per heavy atom. The van der Waals surface area contributed by atoms with Crippen molar-refractivity contribution in [3.8, 4) is 0 Å². The van der Waals surface area contributed by atoms with Crippen LogP contribution in [0.2, 0.25) is 0 Å². The van der Waals surface area contributed by atoms with Gasteiger partial charge in [-0.1, -0.05) is 39.0 Å². The van der Waals surface area contributed by atoms with Crippen molar-refractivity contribution in [2.24, 2.45) is 0 Å². The second-order valence-corrected chi connectivity index (χ2v) is 8.43. The van der Waals surface area contributed by atoms with Crippen molar-refractivity contribution in [3.63, 3.8) is 0 Å². The van der Waals surface area contributed by atoms with Crippen LogP contribution in [0.4, 0.5) is 16.4 Å². The molecule has 2 amide bonds. The molecular weight excluding hydrogens is 370 g/mol. The van der Waals surface area contributed by atoms with Crippen LogP contribution < -0.4 is 16.0 Å². The van der Waals surface area contributed by atoms with Crippen molar-refractivity contribution in [1.82, 2.24) is 15.3 Å². The number of para-hydroxylation sites is 1. The van der Waals surface area contributed by atoms with E-state index in [0.717, 1.165) is 11.4 Å². The van der Waals surface area contributed by atoms with Crippen molar-refractivity contribution >= 4 is 17.7 Å². The standard InChI is InChI=1S/C21H27N5O3/c1-21(2,3)16-9-10-22-19(26-16)24-14-11-28-18-15(12-29-17(14)18)25-20(27)23-13-7-5-4-6-8-13/h4-10,14-15,17-18H,11-12H2,1-3H3,(H,22,24,26)(H2,23,25,27)/t14-,15-,17+,18+/m0/s1. The van der Waals surface area contributed by atoms with E-state index in [9.17, 15) is 4.79 Å². The van der Waals surface area contributed by atoms with Gasteiger partial charge in [0.1, 0.15) is 12.2 Å². The van der Waals surface area contributed by atoms with E-state index in [4.69, 9.17) is 9.47 Å². The van der Waals surface area contributed by atoms with E-state index in [0.29, 0.717) is 19.2 Å². The van der Waals surface area contributed by atoms with Gasteiger partial charge in [-0.2, -0.15) is 0 Å². The number of nitrogens with one attached hydrogen (secondary N) is 3. The number of rotatable bonds is 4. The molecule has 2 fully saturated rings. The maximum atomic E-state index is 12.3. The molecule has 154 valence electrons. The molecule has 3 N–H and O–H groups in total. The summed E-state index contributed by atoms with van der Waals surface area (Å²) < 4.78 is 11.9. The molecule has 8 heteroatoms. The molecule has 0 bridgehead atoms. The van der Waals surface area contributed by atoms with Crippen molar-refractivity contribution in [2.45, 2.75) is 50.5 Å². The fraction of sp³-hybridized carbons (Fsp3) is 0.476. The van der Waals surface area contributed by atoms with E-state index in [-0.39, 0.29) is 35.7 Å². The zero-order valence-electron chi connectivity index (χ0n) is 16.9. The van der Waals surface area contributed by atoms with Gasteiger partial charge >= 0.3 is 6.03 Å². The minimum Gasteiger partial charge on any atom is -0.371 e. The largest absolute Gasteiger partial charge is 0.371 e. The Kier molecular flexibility index (Phi) is 5.38. The summed E-state index contributed by atoms with van der Waals surface area (Å²) in [5.74, 6) is 0.563. The SMILES string of the molecule is CC(C)(C)c1ccnc(N[C@H]2CO[C@H]3[C@@H]2OC[C@@H]3NC(=O)Nc2ccccc2)n1. The number of aromatic nitrogens is 2. The predicted molar refractivity (Wildman–Crippen MR) is 110 cm³/mol. The van der Waals surface area contributed by atoms with E-state index in [1.165, 1.54) is 0 Å². The second-order valence-electron chi connectivity index (χ2n) is 8.43. The molecule has 1 aromatic carbocycles. The Morgan fingerprint density at radius 1 is 1.03 bits per heavy atom. The number of carbonyl (C=O) groups is 1. The summed E-state index contributed by atoms with van der Waals surface area (Å²) in [6, 6.07) is 10.7. The summed E-state index contributed by atoms with van der Waals surface area (Å²) in [5, 5.41) is 9.11. The molecular formula is C21H27N5O3. The Bertz CT molecular complexity index is 855. The lowest BCUT2D eigenvalue weighted by Crippen LogP contribution is -2.46. The summed E-state index contributed by atoms with van der Waals surface area (Å²) in [7, 11) is 0. The van der Waals surface area contributed by atoms with E-state index in [2.05, 4.69) is 46.7 Å². The fourth-order valence-corrected chi connectivity index (χ4v) is 3.62. The number of hydrogen-bond acceptors (Lipinski definition) is 6. The Hall–Kier alpha value is -2.71. The van der Waals surface area contributed by atoms with Crippen molar-refractivity contribution in [2.75, 3.05) is 23.8 Å². The van der Waals surface area contributed by atoms with Crippen molar-refractivity contribution < 1.29 is 14.3 Å². The first-order valence-corrected chi connectivity index (χ1v) is 9.86. The lowest BCUT2D eigenvalue weighted by molar-refractivity contribution is 0.0683. The number of fused-ring (bicyclic) bond motifs is 1. The van der Waals surface area contributed by atoms with Crippen LogP contribution in [0.5, 0.6) is 0 Å². The van der Waals surface area contributed by atoms with Gasteiger partial charge in [-0.05, 0) is 18.2 Å². The minimum absolute atomic E-state index is 0.0565. The van der Waals surface area contributed by atoms with Crippen LogP contribution in [0.1, 0.15) is 26.5 Å². The summed E-state index contributed by atoms with van der Waals surface area (Å²) in [6.07, 6.45) is 1.38. The lowest BCUT2D eigenvalue weighted by atomic mass is 9.92. The average Bonchev–Trinajstić information content (AvgIpc) is 3.26. The third-order valence-electron chi connectivity index (χ3n) is 5.14. The number of nitrogens with zero attached hydrogens (tertiary/aromatic N) is 2. The molecule has 0 aliphatic carbocycles. The summed E-state index contributed by atoms with van der Waals surface area (Å²) in [4.78, 5) is 21.2.